The largest absolute Gasteiger partial charge is 0.317 e. The van der Waals surface area contributed by atoms with E-state index in [0.717, 1.165) is 28.2 Å². The first-order valence-electron chi connectivity index (χ1n) is 9.62. The van der Waals surface area contributed by atoms with Crippen LogP contribution < -0.4 is 5.43 Å². The zero-order chi connectivity index (χ0) is 20.4. The molecule has 4 aromatic rings. The summed E-state index contributed by atoms with van der Waals surface area (Å²) in [6, 6.07) is 24.3. The van der Waals surface area contributed by atoms with Gasteiger partial charge in [0.25, 0.3) is 5.91 Å². The predicted molar refractivity (Wildman–Crippen MR) is 119 cm³/mol. The topological polar surface area (TPSA) is 46.4 Å². The van der Waals surface area contributed by atoms with Crippen molar-refractivity contribution in [2.45, 2.75) is 20.8 Å². The smallest absolute Gasteiger partial charge is 0.271 e. The number of aromatic nitrogens is 1. The third-order valence-electron chi connectivity index (χ3n) is 5.24. The number of amides is 1. The van der Waals surface area contributed by atoms with Crippen LogP contribution in [0.3, 0.4) is 0 Å². The molecule has 0 radical (unpaired) electrons. The summed E-state index contributed by atoms with van der Waals surface area (Å²) < 4.78 is 2.23. The number of nitrogens with one attached hydrogen (secondary N) is 1. The second-order valence-corrected chi connectivity index (χ2v) is 7.17. The Morgan fingerprint density at radius 3 is 2.48 bits per heavy atom. The van der Waals surface area contributed by atoms with Crippen molar-refractivity contribution in [1.82, 2.24) is 9.99 Å². The van der Waals surface area contributed by atoms with Gasteiger partial charge in [-0.1, -0.05) is 54.6 Å². The molecule has 1 N–H and O–H groups in total. The van der Waals surface area contributed by atoms with Gasteiger partial charge in [0.1, 0.15) is 0 Å². The van der Waals surface area contributed by atoms with Crippen LogP contribution >= 0.6 is 0 Å². The van der Waals surface area contributed by atoms with Gasteiger partial charge < -0.3 is 4.57 Å². The maximum atomic E-state index is 12.4. The molecule has 144 valence electrons. The van der Waals surface area contributed by atoms with Crippen LogP contribution in [0.1, 0.15) is 32.9 Å². The molecule has 4 nitrogen and oxygen atoms in total. The van der Waals surface area contributed by atoms with Gasteiger partial charge in [-0.25, -0.2) is 5.43 Å². The SMILES string of the molecule is Cc1ccccc1C(=O)N/N=C/c1cc(C)n(-c2cccc3ccccc23)c1C. The third-order valence-corrected chi connectivity index (χ3v) is 5.24. The number of carbonyl (C=O) groups excluding carboxylic acids is 1. The third kappa shape index (κ3) is 3.57. The van der Waals surface area contributed by atoms with E-state index in [-0.39, 0.29) is 5.91 Å². The summed E-state index contributed by atoms with van der Waals surface area (Å²) in [4.78, 5) is 12.4. The van der Waals surface area contributed by atoms with Crippen molar-refractivity contribution < 1.29 is 4.79 Å². The van der Waals surface area contributed by atoms with Crippen molar-refractivity contribution >= 4 is 22.9 Å². The number of hydrazone groups is 1. The van der Waals surface area contributed by atoms with Gasteiger partial charge in [-0.15, -0.1) is 0 Å². The molecule has 0 aliphatic carbocycles. The summed E-state index contributed by atoms with van der Waals surface area (Å²) in [7, 11) is 0. The molecule has 1 aromatic heterocycles. The Kier molecular flexibility index (Phi) is 5.00. The monoisotopic (exact) mass is 381 g/mol. The summed E-state index contributed by atoms with van der Waals surface area (Å²) >= 11 is 0. The van der Waals surface area contributed by atoms with Crippen molar-refractivity contribution in [1.29, 1.82) is 0 Å². The Morgan fingerprint density at radius 1 is 0.931 bits per heavy atom. The summed E-state index contributed by atoms with van der Waals surface area (Å²) in [5, 5.41) is 6.60. The standard InChI is InChI=1S/C25H23N3O/c1-17-9-4-6-12-22(17)25(29)27-26-16-21-15-18(2)28(19(21)3)24-14-8-11-20-10-5-7-13-23(20)24/h4-16H,1-3H3,(H,27,29)/b26-16+. The molecule has 0 aliphatic heterocycles. The van der Waals surface area contributed by atoms with Crippen molar-refractivity contribution in [2.75, 3.05) is 0 Å². The fraction of sp³-hybridized carbons (Fsp3) is 0.120. The first-order chi connectivity index (χ1) is 14.1. The Labute approximate surface area is 170 Å². The molecule has 4 heteroatoms. The lowest BCUT2D eigenvalue weighted by Crippen LogP contribution is -2.18. The van der Waals surface area contributed by atoms with Gasteiger partial charge in [-0.2, -0.15) is 5.10 Å². The lowest BCUT2D eigenvalue weighted by molar-refractivity contribution is 0.0954. The number of hydrogen-bond donors (Lipinski definition) is 1. The lowest BCUT2D eigenvalue weighted by atomic mass is 10.1. The van der Waals surface area contributed by atoms with Gasteiger partial charge in [0.15, 0.2) is 0 Å². The number of benzene rings is 3. The van der Waals surface area contributed by atoms with Gasteiger partial charge in [-0.05, 0) is 49.9 Å². The summed E-state index contributed by atoms with van der Waals surface area (Å²) in [5.41, 5.74) is 8.50. The van der Waals surface area contributed by atoms with E-state index in [0.29, 0.717) is 5.56 Å². The number of aryl methyl sites for hydroxylation is 2. The van der Waals surface area contributed by atoms with Gasteiger partial charge in [0.05, 0.1) is 11.9 Å². The minimum atomic E-state index is -0.206. The average Bonchev–Trinajstić information content (AvgIpc) is 3.01. The van der Waals surface area contributed by atoms with E-state index >= 15 is 0 Å². The number of carbonyl (C=O) groups is 1. The molecule has 0 spiro atoms. The first kappa shape index (κ1) is 18.7. The molecule has 0 aliphatic rings. The Morgan fingerprint density at radius 2 is 1.66 bits per heavy atom. The van der Waals surface area contributed by atoms with Crippen molar-refractivity contribution in [3.05, 3.63) is 101 Å². The van der Waals surface area contributed by atoms with Crippen LogP contribution in [0.4, 0.5) is 0 Å². The molecule has 4 rings (SSSR count). The fourth-order valence-corrected chi connectivity index (χ4v) is 3.74. The minimum Gasteiger partial charge on any atom is -0.317 e. The van der Waals surface area contributed by atoms with E-state index in [4.69, 9.17) is 0 Å². The Balaban J connectivity index is 1.63. The maximum absolute atomic E-state index is 12.4. The summed E-state index contributed by atoms with van der Waals surface area (Å²) in [6.45, 7) is 6.06. The molecule has 0 saturated heterocycles. The van der Waals surface area contributed by atoms with E-state index in [2.05, 4.69) is 77.5 Å². The fourth-order valence-electron chi connectivity index (χ4n) is 3.74. The normalized spacial score (nSPS) is 11.3. The van der Waals surface area contributed by atoms with Crippen LogP contribution in [-0.2, 0) is 0 Å². The molecule has 0 unspecified atom stereocenters. The van der Waals surface area contributed by atoms with Crippen LogP contribution in [0.2, 0.25) is 0 Å². The van der Waals surface area contributed by atoms with Crippen molar-refractivity contribution in [3.63, 3.8) is 0 Å². The molecular weight excluding hydrogens is 358 g/mol. The molecule has 1 amide bonds. The predicted octanol–water partition coefficient (Wildman–Crippen LogP) is 5.32. The second-order valence-electron chi connectivity index (χ2n) is 7.17. The molecule has 1 heterocycles. The highest BCUT2D eigenvalue weighted by molar-refractivity contribution is 5.96. The van der Waals surface area contributed by atoms with Crippen LogP contribution in [-0.4, -0.2) is 16.7 Å². The number of fused-ring (bicyclic) bond motifs is 1. The second kappa shape index (κ2) is 7.76. The highest BCUT2D eigenvalue weighted by atomic mass is 16.2. The van der Waals surface area contributed by atoms with Crippen LogP contribution in [0.5, 0.6) is 0 Å². The van der Waals surface area contributed by atoms with Gasteiger partial charge in [-0.3, -0.25) is 4.79 Å². The number of nitrogens with zero attached hydrogens (tertiary/aromatic N) is 2. The van der Waals surface area contributed by atoms with Gasteiger partial charge in [0.2, 0.25) is 0 Å². The molecule has 0 fully saturated rings. The zero-order valence-corrected chi connectivity index (χ0v) is 16.8. The van der Waals surface area contributed by atoms with Gasteiger partial charge in [0, 0.05) is 27.9 Å². The number of hydrogen-bond acceptors (Lipinski definition) is 2. The average molecular weight is 381 g/mol. The van der Waals surface area contributed by atoms with E-state index in [9.17, 15) is 4.79 Å². The van der Waals surface area contributed by atoms with Crippen molar-refractivity contribution in [3.8, 4) is 5.69 Å². The highest BCUT2D eigenvalue weighted by Crippen LogP contribution is 2.26. The lowest BCUT2D eigenvalue weighted by Gasteiger charge is -2.13. The molecule has 3 aromatic carbocycles. The summed E-state index contributed by atoms with van der Waals surface area (Å²) in [5.74, 6) is -0.206. The Hall–Kier alpha value is -3.66. The Bertz CT molecular complexity index is 1230. The van der Waals surface area contributed by atoms with Crippen LogP contribution in [0.25, 0.3) is 16.5 Å². The molecule has 0 saturated carbocycles. The molecular formula is C25H23N3O. The maximum Gasteiger partial charge on any atom is 0.271 e. The van der Waals surface area contributed by atoms with Crippen LogP contribution in [0.15, 0.2) is 77.9 Å². The van der Waals surface area contributed by atoms with Gasteiger partial charge >= 0.3 is 0 Å². The minimum absolute atomic E-state index is 0.206. The first-order valence-corrected chi connectivity index (χ1v) is 9.62. The molecule has 29 heavy (non-hydrogen) atoms. The van der Waals surface area contributed by atoms with E-state index in [1.165, 1.54) is 10.8 Å². The highest BCUT2D eigenvalue weighted by Gasteiger charge is 2.12. The van der Waals surface area contributed by atoms with E-state index in [1.807, 2.05) is 25.1 Å². The van der Waals surface area contributed by atoms with Crippen molar-refractivity contribution in [2.24, 2.45) is 5.10 Å². The molecule has 0 atom stereocenters. The zero-order valence-electron chi connectivity index (χ0n) is 16.8. The number of rotatable bonds is 4. The van der Waals surface area contributed by atoms with E-state index < -0.39 is 0 Å². The van der Waals surface area contributed by atoms with Crippen LogP contribution in [0, 0.1) is 20.8 Å². The quantitative estimate of drug-likeness (QED) is 0.377. The van der Waals surface area contributed by atoms with E-state index in [1.54, 1.807) is 12.3 Å². The summed E-state index contributed by atoms with van der Waals surface area (Å²) in [6.07, 6.45) is 1.71. The molecule has 0 bridgehead atoms.